The summed E-state index contributed by atoms with van der Waals surface area (Å²) in [7, 11) is 4.17. The molecule has 1 heterocycles. The Bertz CT molecular complexity index is 299. The Morgan fingerprint density at radius 2 is 2.05 bits per heavy atom. The molecule has 1 unspecified atom stereocenters. The summed E-state index contributed by atoms with van der Waals surface area (Å²) in [6.07, 6.45) is 2.54. The van der Waals surface area contributed by atoms with Gasteiger partial charge in [-0.05, 0) is 39.8 Å². The summed E-state index contributed by atoms with van der Waals surface area (Å²) in [6.45, 7) is 4.12. The van der Waals surface area contributed by atoms with Crippen molar-refractivity contribution >= 4 is 30.7 Å². The second kappa shape index (κ2) is 9.05. The van der Waals surface area contributed by atoms with Gasteiger partial charge in [-0.25, -0.2) is 0 Å². The molecule has 0 radical (unpaired) electrons. The standard InChI is InChI=1S/C13H25N3O2.2ClH/c1-9-12(14-6-7-18-9)13(17)15-8-11(16(2)3)10-4-5-10;;/h9-12,14H,4-8H2,1-3H3,(H,15,17);2*1H/t9-,11?,12+;;/m1../s1. The molecule has 1 saturated carbocycles. The van der Waals surface area contributed by atoms with Crippen LogP contribution in [0.5, 0.6) is 0 Å². The number of rotatable bonds is 5. The van der Waals surface area contributed by atoms with Crippen molar-refractivity contribution < 1.29 is 9.53 Å². The lowest BCUT2D eigenvalue weighted by Gasteiger charge is -2.31. The molecule has 1 amide bonds. The molecule has 2 rings (SSSR count). The molecule has 0 aromatic carbocycles. The van der Waals surface area contributed by atoms with Gasteiger partial charge in [0.2, 0.25) is 5.91 Å². The summed E-state index contributed by atoms with van der Waals surface area (Å²) in [6, 6.07) is 0.259. The molecule has 1 aliphatic heterocycles. The molecule has 0 aromatic rings. The maximum atomic E-state index is 12.1. The van der Waals surface area contributed by atoms with E-state index in [1.807, 2.05) is 6.92 Å². The van der Waals surface area contributed by atoms with E-state index in [2.05, 4.69) is 29.6 Å². The topological polar surface area (TPSA) is 53.6 Å². The molecule has 0 spiro atoms. The summed E-state index contributed by atoms with van der Waals surface area (Å²) >= 11 is 0. The second-order valence-corrected chi connectivity index (χ2v) is 5.62. The average Bonchev–Trinajstić information content (AvgIpc) is 3.13. The van der Waals surface area contributed by atoms with Crippen molar-refractivity contribution in [3.8, 4) is 0 Å². The van der Waals surface area contributed by atoms with Crippen LogP contribution in [0.2, 0.25) is 0 Å². The molecule has 0 aromatic heterocycles. The normalized spacial score (nSPS) is 27.2. The van der Waals surface area contributed by atoms with Gasteiger partial charge < -0.3 is 20.3 Å². The summed E-state index contributed by atoms with van der Waals surface area (Å²) in [5.74, 6) is 0.822. The molecule has 3 atom stereocenters. The smallest absolute Gasteiger partial charge is 0.239 e. The molecular weight excluding hydrogens is 301 g/mol. The van der Waals surface area contributed by atoms with Gasteiger partial charge in [-0.3, -0.25) is 4.79 Å². The van der Waals surface area contributed by atoms with Crippen LogP contribution in [0.4, 0.5) is 0 Å². The third-order valence-electron chi connectivity index (χ3n) is 3.91. The van der Waals surface area contributed by atoms with Crippen molar-refractivity contribution in [2.24, 2.45) is 5.92 Å². The van der Waals surface area contributed by atoms with Gasteiger partial charge in [0.05, 0.1) is 12.7 Å². The lowest BCUT2D eigenvalue weighted by atomic mass is 10.1. The largest absolute Gasteiger partial charge is 0.375 e. The predicted molar refractivity (Wildman–Crippen MR) is 84.9 cm³/mol. The van der Waals surface area contributed by atoms with Gasteiger partial charge in [0.1, 0.15) is 6.04 Å². The Kier molecular flexibility index (Phi) is 9.02. The lowest BCUT2D eigenvalue weighted by molar-refractivity contribution is -0.129. The number of hydrogen-bond donors (Lipinski definition) is 2. The van der Waals surface area contributed by atoms with E-state index in [4.69, 9.17) is 4.74 Å². The van der Waals surface area contributed by atoms with Gasteiger partial charge in [0, 0.05) is 19.1 Å². The van der Waals surface area contributed by atoms with Crippen LogP contribution >= 0.6 is 24.8 Å². The lowest BCUT2D eigenvalue weighted by Crippen LogP contribution is -2.56. The Balaban J connectivity index is 0.00000180. The molecule has 1 saturated heterocycles. The minimum atomic E-state index is -0.208. The Hall–Kier alpha value is -0.0700. The molecule has 1 aliphatic carbocycles. The fourth-order valence-corrected chi connectivity index (χ4v) is 2.59. The zero-order chi connectivity index (χ0) is 13.1. The summed E-state index contributed by atoms with van der Waals surface area (Å²) in [5.41, 5.74) is 0. The predicted octanol–water partition coefficient (Wildman–Crippen LogP) is 0.663. The van der Waals surface area contributed by atoms with Crippen LogP contribution in [-0.4, -0.2) is 62.8 Å². The number of nitrogens with zero attached hydrogens (tertiary/aromatic N) is 1. The number of nitrogens with one attached hydrogen (secondary N) is 2. The van der Waals surface area contributed by atoms with Crippen LogP contribution in [0.15, 0.2) is 0 Å². The number of halogens is 2. The van der Waals surface area contributed by atoms with Crippen molar-refractivity contribution in [1.82, 2.24) is 15.5 Å². The first kappa shape index (κ1) is 19.9. The van der Waals surface area contributed by atoms with Crippen LogP contribution in [0, 0.1) is 5.92 Å². The number of hydrogen-bond acceptors (Lipinski definition) is 4. The maximum Gasteiger partial charge on any atom is 0.239 e. The minimum Gasteiger partial charge on any atom is -0.375 e. The fourth-order valence-electron chi connectivity index (χ4n) is 2.59. The summed E-state index contributed by atoms with van der Waals surface area (Å²) in [5, 5.41) is 6.28. The van der Waals surface area contributed by atoms with E-state index >= 15 is 0 Å². The van der Waals surface area contributed by atoms with Crippen LogP contribution in [-0.2, 0) is 9.53 Å². The number of ether oxygens (including phenoxy) is 1. The van der Waals surface area contributed by atoms with Crippen LogP contribution in [0.1, 0.15) is 19.8 Å². The van der Waals surface area contributed by atoms with E-state index in [0.29, 0.717) is 12.6 Å². The molecule has 20 heavy (non-hydrogen) atoms. The van der Waals surface area contributed by atoms with Crippen molar-refractivity contribution in [2.75, 3.05) is 33.8 Å². The second-order valence-electron chi connectivity index (χ2n) is 5.62. The zero-order valence-corrected chi connectivity index (χ0v) is 14.1. The van der Waals surface area contributed by atoms with E-state index in [1.54, 1.807) is 0 Å². The summed E-state index contributed by atoms with van der Waals surface area (Å²) in [4.78, 5) is 14.3. The van der Waals surface area contributed by atoms with Crippen molar-refractivity contribution in [2.45, 2.75) is 38.0 Å². The number of likely N-dealkylation sites (N-methyl/N-ethyl adjacent to an activating group) is 1. The molecule has 2 N–H and O–H groups in total. The first-order valence-corrected chi connectivity index (χ1v) is 6.88. The van der Waals surface area contributed by atoms with Gasteiger partial charge in [-0.15, -0.1) is 24.8 Å². The van der Waals surface area contributed by atoms with Gasteiger partial charge in [0.15, 0.2) is 0 Å². The van der Waals surface area contributed by atoms with Crippen molar-refractivity contribution in [1.29, 1.82) is 0 Å². The molecule has 0 bridgehead atoms. The third-order valence-corrected chi connectivity index (χ3v) is 3.91. The average molecular weight is 328 g/mol. The van der Waals surface area contributed by atoms with Crippen LogP contribution in [0.25, 0.3) is 0 Å². The molecule has 2 fully saturated rings. The van der Waals surface area contributed by atoms with Crippen molar-refractivity contribution in [3.05, 3.63) is 0 Å². The van der Waals surface area contributed by atoms with Crippen LogP contribution in [0.3, 0.4) is 0 Å². The molecule has 2 aliphatic rings. The Morgan fingerprint density at radius 3 is 2.55 bits per heavy atom. The van der Waals surface area contributed by atoms with E-state index in [9.17, 15) is 4.79 Å². The first-order valence-electron chi connectivity index (χ1n) is 6.88. The van der Waals surface area contributed by atoms with E-state index in [-0.39, 0.29) is 42.9 Å². The number of carbonyl (C=O) groups is 1. The SMILES string of the molecule is C[C@H]1OCCN[C@@H]1C(=O)NCC(C1CC1)N(C)C.Cl.Cl. The maximum absolute atomic E-state index is 12.1. The van der Waals surface area contributed by atoms with E-state index < -0.39 is 0 Å². The fraction of sp³-hybridized carbons (Fsp3) is 0.923. The van der Waals surface area contributed by atoms with Gasteiger partial charge in [-0.1, -0.05) is 0 Å². The van der Waals surface area contributed by atoms with E-state index in [1.165, 1.54) is 12.8 Å². The number of amides is 1. The van der Waals surface area contributed by atoms with E-state index in [0.717, 1.165) is 19.0 Å². The van der Waals surface area contributed by atoms with Gasteiger partial charge in [-0.2, -0.15) is 0 Å². The first-order chi connectivity index (χ1) is 8.59. The highest BCUT2D eigenvalue weighted by Gasteiger charge is 2.34. The molecule has 120 valence electrons. The van der Waals surface area contributed by atoms with Crippen LogP contribution < -0.4 is 10.6 Å². The molecular formula is C13H27Cl2N3O2. The highest BCUT2D eigenvalue weighted by atomic mass is 35.5. The Labute approximate surface area is 134 Å². The molecule has 7 heteroatoms. The monoisotopic (exact) mass is 327 g/mol. The van der Waals surface area contributed by atoms with Gasteiger partial charge >= 0.3 is 0 Å². The highest BCUT2D eigenvalue weighted by molar-refractivity contribution is 5.85. The number of morpholine rings is 1. The number of carbonyl (C=O) groups excluding carboxylic acids is 1. The van der Waals surface area contributed by atoms with Gasteiger partial charge in [0.25, 0.3) is 0 Å². The Morgan fingerprint density at radius 1 is 1.40 bits per heavy atom. The zero-order valence-electron chi connectivity index (χ0n) is 12.4. The molecule has 5 nitrogen and oxygen atoms in total. The quantitative estimate of drug-likeness (QED) is 0.779. The highest BCUT2D eigenvalue weighted by Crippen LogP contribution is 2.34. The van der Waals surface area contributed by atoms with Crippen molar-refractivity contribution in [3.63, 3.8) is 0 Å². The summed E-state index contributed by atoms with van der Waals surface area (Å²) < 4.78 is 5.49. The minimum absolute atomic E-state index is 0. The third kappa shape index (κ3) is 5.37.